The third kappa shape index (κ3) is 3.30. The first-order valence-electron chi connectivity index (χ1n) is 11.0. The molecule has 0 spiro atoms. The molecule has 3 aromatic carbocycles. The first-order valence-corrected chi connectivity index (χ1v) is 11.0. The van der Waals surface area contributed by atoms with E-state index in [4.69, 9.17) is 0 Å². The molecule has 6 rings (SSSR count). The van der Waals surface area contributed by atoms with Crippen LogP contribution in [0.15, 0.2) is 89.9 Å². The number of pyridine rings is 1. The van der Waals surface area contributed by atoms with Gasteiger partial charge in [-0.2, -0.15) is 0 Å². The van der Waals surface area contributed by atoms with Crippen molar-refractivity contribution in [3.05, 3.63) is 112 Å². The molecule has 3 heterocycles. The van der Waals surface area contributed by atoms with Crippen molar-refractivity contribution < 1.29 is 4.79 Å². The van der Waals surface area contributed by atoms with Crippen LogP contribution in [0, 0.1) is 11.8 Å². The molecule has 162 valence electrons. The summed E-state index contributed by atoms with van der Waals surface area (Å²) in [5.74, 6) is 6.20. The molecule has 1 aliphatic heterocycles. The highest BCUT2D eigenvalue weighted by Gasteiger charge is 2.24. The highest BCUT2D eigenvalue weighted by molar-refractivity contribution is 6.34. The molecule has 0 unspecified atom stereocenters. The topological polar surface area (TPSA) is 66.9 Å². The highest BCUT2D eigenvalue weighted by Crippen LogP contribution is 2.33. The van der Waals surface area contributed by atoms with Gasteiger partial charge in [-0.3, -0.25) is 14.2 Å². The molecule has 0 saturated heterocycles. The molecule has 0 bridgehead atoms. The van der Waals surface area contributed by atoms with Gasteiger partial charge in [0.2, 0.25) is 0 Å². The maximum atomic E-state index is 13.2. The van der Waals surface area contributed by atoms with Gasteiger partial charge in [0.15, 0.2) is 0 Å². The molecule has 2 N–H and O–H groups in total. The summed E-state index contributed by atoms with van der Waals surface area (Å²) >= 11 is 0. The average Bonchev–Trinajstić information content (AvgIpc) is 3.49. The van der Waals surface area contributed by atoms with Crippen LogP contribution in [-0.4, -0.2) is 15.5 Å². The minimum absolute atomic E-state index is 0.0523. The molecular weight excluding hydrogens is 422 g/mol. The zero-order valence-corrected chi connectivity index (χ0v) is 18.1. The standard InChI is InChI=1S/C29H19N3O2/c33-28-25(18-20-8-5-15-30-20)24-17-19(13-14-26(24)31-28)7-6-16-32-27-12-4-3-10-22(27)21-9-1-2-11-23(21)29(32)34/h1-5,8-15,17-18,30H,16H2,(H,31,33)/b25-18-. The van der Waals surface area contributed by atoms with Crippen molar-refractivity contribution >= 4 is 44.9 Å². The van der Waals surface area contributed by atoms with E-state index >= 15 is 0 Å². The van der Waals surface area contributed by atoms with Gasteiger partial charge in [-0.05, 0) is 53.9 Å². The maximum Gasteiger partial charge on any atom is 0.259 e. The van der Waals surface area contributed by atoms with Gasteiger partial charge in [-0.15, -0.1) is 0 Å². The Labute approximate surface area is 195 Å². The van der Waals surface area contributed by atoms with E-state index in [0.717, 1.165) is 38.8 Å². The van der Waals surface area contributed by atoms with E-state index in [9.17, 15) is 9.59 Å². The van der Waals surface area contributed by atoms with Gasteiger partial charge >= 0.3 is 0 Å². The second-order valence-electron chi connectivity index (χ2n) is 8.15. The van der Waals surface area contributed by atoms with Crippen LogP contribution in [0.2, 0.25) is 0 Å². The number of H-pyrrole nitrogens is 1. The lowest BCUT2D eigenvalue weighted by Gasteiger charge is -2.10. The molecule has 0 fully saturated rings. The first kappa shape index (κ1) is 19.8. The van der Waals surface area contributed by atoms with Gasteiger partial charge in [-0.25, -0.2) is 0 Å². The van der Waals surface area contributed by atoms with Crippen molar-refractivity contribution in [2.24, 2.45) is 0 Å². The average molecular weight is 441 g/mol. The van der Waals surface area contributed by atoms with E-state index < -0.39 is 0 Å². The van der Waals surface area contributed by atoms with Gasteiger partial charge in [0.1, 0.15) is 0 Å². The fraction of sp³-hybridized carbons (Fsp3) is 0.0345. The van der Waals surface area contributed by atoms with Crippen LogP contribution in [0.25, 0.3) is 33.3 Å². The Bertz CT molecular complexity index is 1750. The van der Waals surface area contributed by atoms with Crippen molar-refractivity contribution in [1.29, 1.82) is 0 Å². The summed E-state index contributed by atoms with van der Waals surface area (Å²) in [5.41, 5.74) is 4.63. The van der Waals surface area contributed by atoms with Crippen molar-refractivity contribution in [2.45, 2.75) is 6.54 Å². The Hall–Kier alpha value is -4.82. The predicted molar refractivity (Wildman–Crippen MR) is 136 cm³/mol. The van der Waals surface area contributed by atoms with Gasteiger partial charge in [0.05, 0.1) is 17.6 Å². The Morgan fingerprint density at radius 1 is 0.853 bits per heavy atom. The van der Waals surface area contributed by atoms with Crippen molar-refractivity contribution in [1.82, 2.24) is 9.55 Å². The summed E-state index contributed by atoms with van der Waals surface area (Å²) in [6, 6.07) is 25.0. The number of nitrogens with one attached hydrogen (secondary N) is 2. The summed E-state index contributed by atoms with van der Waals surface area (Å²) in [4.78, 5) is 28.8. The van der Waals surface area contributed by atoms with Crippen LogP contribution >= 0.6 is 0 Å². The quantitative estimate of drug-likeness (QED) is 0.229. The zero-order valence-electron chi connectivity index (χ0n) is 18.1. The molecule has 0 aliphatic carbocycles. The molecule has 34 heavy (non-hydrogen) atoms. The van der Waals surface area contributed by atoms with Crippen molar-refractivity contribution in [3.63, 3.8) is 0 Å². The maximum absolute atomic E-state index is 13.2. The van der Waals surface area contributed by atoms with Gasteiger partial charge in [0.25, 0.3) is 11.5 Å². The number of aromatic nitrogens is 2. The molecule has 5 aromatic rings. The molecule has 0 radical (unpaired) electrons. The Morgan fingerprint density at radius 3 is 2.47 bits per heavy atom. The van der Waals surface area contributed by atoms with Gasteiger partial charge in [-0.1, -0.05) is 48.2 Å². The lowest BCUT2D eigenvalue weighted by molar-refractivity contribution is -0.110. The van der Waals surface area contributed by atoms with E-state index in [1.165, 1.54) is 0 Å². The number of benzene rings is 3. The molecule has 5 nitrogen and oxygen atoms in total. The molecule has 1 amide bonds. The van der Waals surface area contributed by atoms with E-state index in [0.29, 0.717) is 11.0 Å². The lowest BCUT2D eigenvalue weighted by Crippen LogP contribution is -2.20. The molecule has 1 aliphatic rings. The van der Waals surface area contributed by atoms with E-state index in [-0.39, 0.29) is 18.0 Å². The summed E-state index contributed by atoms with van der Waals surface area (Å²) in [5, 5.41) is 5.56. The number of para-hydroxylation sites is 1. The third-order valence-corrected chi connectivity index (χ3v) is 6.08. The molecule has 0 atom stereocenters. The van der Waals surface area contributed by atoms with Crippen molar-refractivity contribution in [2.75, 3.05) is 5.32 Å². The monoisotopic (exact) mass is 441 g/mol. The Balaban J connectivity index is 1.38. The van der Waals surface area contributed by atoms with Crippen LogP contribution < -0.4 is 10.9 Å². The number of aromatic amines is 1. The molecule has 5 heteroatoms. The number of rotatable bonds is 2. The minimum atomic E-state index is -0.135. The fourth-order valence-corrected chi connectivity index (χ4v) is 4.47. The van der Waals surface area contributed by atoms with E-state index in [2.05, 4.69) is 22.1 Å². The SMILES string of the molecule is O=C1Nc2ccc(C#CCn3c(=O)c4ccccc4c4ccccc43)cc2/C1=C/c1ccc[nH]1. The van der Waals surface area contributed by atoms with Gasteiger partial charge in [0, 0.05) is 39.5 Å². The Kier molecular flexibility index (Phi) is 4.64. The predicted octanol–water partition coefficient (Wildman–Crippen LogP) is 5.03. The zero-order chi connectivity index (χ0) is 23.1. The summed E-state index contributed by atoms with van der Waals surface area (Å²) < 4.78 is 1.72. The number of nitrogens with zero attached hydrogens (tertiary/aromatic N) is 1. The van der Waals surface area contributed by atoms with Gasteiger partial charge < -0.3 is 10.3 Å². The highest BCUT2D eigenvalue weighted by atomic mass is 16.2. The fourth-order valence-electron chi connectivity index (χ4n) is 4.47. The normalized spacial score (nSPS) is 13.6. The number of hydrogen-bond donors (Lipinski definition) is 2. The van der Waals surface area contributed by atoms with E-state index in [1.807, 2.05) is 91.1 Å². The van der Waals surface area contributed by atoms with Crippen LogP contribution in [0.4, 0.5) is 5.69 Å². The lowest BCUT2D eigenvalue weighted by atomic mass is 10.0. The van der Waals surface area contributed by atoms with Crippen LogP contribution in [0.1, 0.15) is 16.8 Å². The number of fused-ring (bicyclic) bond motifs is 4. The van der Waals surface area contributed by atoms with Crippen LogP contribution in [0.3, 0.4) is 0 Å². The number of carbonyl (C=O) groups is 1. The summed E-state index contributed by atoms with van der Waals surface area (Å²) in [6.45, 7) is 0.267. The first-order chi connectivity index (χ1) is 16.7. The number of carbonyl (C=O) groups excluding carboxylic acids is 1. The van der Waals surface area contributed by atoms with Crippen LogP contribution in [0.5, 0.6) is 0 Å². The van der Waals surface area contributed by atoms with Crippen LogP contribution in [-0.2, 0) is 11.3 Å². The second-order valence-corrected chi connectivity index (χ2v) is 8.15. The molecule has 2 aromatic heterocycles. The number of hydrogen-bond acceptors (Lipinski definition) is 2. The largest absolute Gasteiger partial charge is 0.362 e. The number of anilines is 1. The Morgan fingerprint density at radius 2 is 1.65 bits per heavy atom. The van der Waals surface area contributed by atoms with E-state index in [1.54, 1.807) is 4.57 Å². The summed E-state index contributed by atoms with van der Waals surface area (Å²) in [6.07, 6.45) is 3.65. The summed E-state index contributed by atoms with van der Waals surface area (Å²) in [7, 11) is 0. The second kappa shape index (κ2) is 7.95. The molecule has 0 saturated carbocycles. The smallest absolute Gasteiger partial charge is 0.259 e. The minimum Gasteiger partial charge on any atom is -0.362 e. The number of amides is 1. The molecular formula is C29H19N3O2. The third-order valence-electron chi connectivity index (χ3n) is 6.08. The van der Waals surface area contributed by atoms with Crippen molar-refractivity contribution in [3.8, 4) is 11.8 Å².